The number of aryl methyl sites for hydroxylation is 2. The highest BCUT2D eigenvalue weighted by atomic mass is 15.2. The zero-order chi connectivity index (χ0) is 18.6. The molecule has 140 valence electrons. The Kier molecular flexibility index (Phi) is 5.02. The van der Waals surface area contributed by atoms with Crippen molar-refractivity contribution in [3.8, 4) is 11.1 Å². The molecule has 0 radical (unpaired) electrons. The lowest BCUT2D eigenvalue weighted by molar-refractivity contribution is 0.610. The third-order valence-electron chi connectivity index (χ3n) is 4.76. The van der Waals surface area contributed by atoms with Gasteiger partial charge in [0.15, 0.2) is 0 Å². The molecular formula is C20H25N7. The predicted molar refractivity (Wildman–Crippen MR) is 108 cm³/mol. The molecule has 4 heterocycles. The van der Waals surface area contributed by atoms with Gasteiger partial charge >= 0.3 is 0 Å². The van der Waals surface area contributed by atoms with Gasteiger partial charge in [-0.3, -0.25) is 9.67 Å². The number of hydrogen-bond acceptors (Lipinski definition) is 6. The number of pyridine rings is 2. The maximum absolute atomic E-state index is 4.59. The Morgan fingerprint density at radius 2 is 2.11 bits per heavy atom. The van der Waals surface area contributed by atoms with Gasteiger partial charge in [-0.15, -0.1) is 0 Å². The van der Waals surface area contributed by atoms with Gasteiger partial charge in [0.25, 0.3) is 0 Å². The Morgan fingerprint density at radius 1 is 1.19 bits per heavy atom. The summed E-state index contributed by atoms with van der Waals surface area (Å²) in [6, 6.07) is 6.64. The first kappa shape index (κ1) is 17.5. The second-order valence-electron chi connectivity index (χ2n) is 7.01. The van der Waals surface area contributed by atoms with E-state index < -0.39 is 0 Å². The fraction of sp³-hybridized carbons (Fsp3) is 0.350. The van der Waals surface area contributed by atoms with Crippen LogP contribution in [0.1, 0.15) is 11.3 Å². The molecule has 7 heteroatoms. The summed E-state index contributed by atoms with van der Waals surface area (Å²) in [5.74, 6) is 0.906. The van der Waals surface area contributed by atoms with Crippen molar-refractivity contribution >= 4 is 11.5 Å². The Morgan fingerprint density at radius 3 is 2.89 bits per heavy atom. The van der Waals surface area contributed by atoms with Crippen molar-refractivity contribution < 1.29 is 0 Å². The lowest BCUT2D eigenvalue weighted by Gasteiger charge is -2.28. The van der Waals surface area contributed by atoms with Gasteiger partial charge in [0.1, 0.15) is 5.82 Å². The minimum absolute atomic E-state index is 0.311. The van der Waals surface area contributed by atoms with E-state index in [9.17, 15) is 0 Å². The van der Waals surface area contributed by atoms with Gasteiger partial charge < -0.3 is 16.0 Å². The normalized spacial score (nSPS) is 15.7. The van der Waals surface area contributed by atoms with E-state index in [2.05, 4.69) is 49.2 Å². The molecule has 0 spiro atoms. The lowest BCUT2D eigenvalue weighted by atomic mass is 10.1. The number of aromatic nitrogens is 4. The van der Waals surface area contributed by atoms with Gasteiger partial charge in [-0.2, -0.15) is 5.10 Å². The van der Waals surface area contributed by atoms with E-state index in [1.54, 1.807) is 4.68 Å². The number of nitrogens with zero attached hydrogens (tertiary/aromatic N) is 4. The first-order valence-corrected chi connectivity index (χ1v) is 9.29. The van der Waals surface area contributed by atoms with Crippen LogP contribution in [0.4, 0.5) is 11.5 Å². The smallest absolute Gasteiger partial charge is 0.149 e. The molecule has 0 saturated carbocycles. The highest BCUT2D eigenvalue weighted by Crippen LogP contribution is 2.29. The molecule has 1 aliphatic heterocycles. The molecule has 0 amide bonds. The van der Waals surface area contributed by atoms with Crippen LogP contribution in [0.25, 0.3) is 11.1 Å². The molecular weight excluding hydrogens is 338 g/mol. The van der Waals surface area contributed by atoms with Crippen LogP contribution in [0.3, 0.4) is 0 Å². The second-order valence-corrected chi connectivity index (χ2v) is 7.01. The third-order valence-corrected chi connectivity index (χ3v) is 4.76. The maximum atomic E-state index is 4.59. The van der Waals surface area contributed by atoms with Gasteiger partial charge in [-0.05, 0) is 37.6 Å². The van der Waals surface area contributed by atoms with E-state index in [0.29, 0.717) is 6.04 Å². The molecule has 27 heavy (non-hydrogen) atoms. The van der Waals surface area contributed by atoms with Gasteiger partial charge in [0.05, 0.1) is 17.9 Å². The predicted octanol–water partition coefficient (Wildman–Crippen LogP) is 2.22. The van der Waals surface area contributed by atoms with Gasteiger partial charge in [0, 0.05) is 55.5 Å². The summed E-state index contributed by atoms with van der Waals surface area (Å²) in [7, 11) is 1.92. The number of rotatable bonds is 6. The van der Waals surface area contributed by atoms with Crippen molar-refractivity contribution in [3.63, 3.8) is 0 Å². The highest BCUT2D eigenvalue weighted by molar-refractivity contribution is 5.75. The van der Waals surface area contributed by atoms with Gasteiger partial charge in [-0.25, -0.2) is 4.98 Å². The summed E-state index contributed by atoms with van der Waals surface area (Å²) in [5.41, 5.74) is 5.50. The average Bonchev–Trinajstić information content (AvgIpc) is 3.12. The van der Waals surface area contributed by atoms with Gasteiger partial charge in [-0.1, -0.05) is 6.07 Å². The van der Waals surface area contributed by atoms with Crippen LogP contribution >= 0.6 is 0 Å². The summed E-state index contributed by atoms with van der Waals surface area (Å²) in [4.78, 5) is 8.93. The minimum Gasteiger partial charge on any atom is -0.380 e. The molecule has 3 aromatic heterocycles. The maximum Gasteiger partial charge on any atom is 0.149 e. The molecule has 7 nitrogen and oxygen atoms in total. The average molecular weight is 363 g/mol. The van der Waals surface area contributed by atoms with Crippen molar-refractivity contribution in [1.29, 1.82) is 0 Å². The van der Waals surface area contributed by atoms with E-state index in [-0.39, 0.29) is 0 Å². The van der Waals surface area contributed by atoms with Crippen molar-refractivity contribution in [3.05, 3.63) is 54.2 Å². The number of anilines is 2. The van der Waals surface area contributed by atoms with Crippen LogP contribution < -0.4 is 16.0 Å². The monoisotopic (exact) mass is 363 g/mol. The Bertz CT molecular complexity index is 901. The Hall–Kier alpha value is -2.93. The summed E-state index contributed by atoms with van der Waals surface area (Å²) in [6.45, 7) is 4.69. The van der Waals surface area contributed by atoms with Crippen LogP contribution in [0.5, 0.6) is 0 Å². The third kappa shape index (κ3) is 4.25. The molecule has 0 fully saturated rings. The highest BCUT2D eigenvalue weighted by Gasteiger charge is 2.18. The second kappa shape index (κ2) is 7.75. The first-order chi connectivity index (χ1) is 13.2. The van der Waals surface area contributed by atoms with Crippen molar-refractivity contribution in [1.82, 2.24) is 25.1 Å². The van der Waals surface area contributed by atoms with Gasteiger partial charge in [0.2, 0.25) is 0 Å². The van der Waals surface area contributed by atoms with E-state index in [1.165, 1.54) is 5.56 Å². The SMILES string of the molecule is Cc1ccc(CCNC[C@H]2CNc3cc(-c4cnn(C)c4)cnc3N2)cn1. The summed E-state index contributed by atoms with van der Waals surface area (Å²) in [6.07, 6.45) is 8.69. The lowest BCUT2D eigenvalue weighted by Crippen LogP contribution is -2.41. The van der Waals surface area contributed by atoms with E-state index in [0.717, 1.165) is 54.4 Å². The van der Waals surface area contributed by atoms with Crippen molar-refractivity contribution in [2.45, 2.75) is 19.4 Å². The quantitative estimate of drug-likeness (QED) is 0.583. The summed E-state index contributed by atoms with van der Waals surface area (Å²) in [5, 5.41) is 14.8. The largest absolute Gasteiger partial charge is 0.380 e. The standard InChI is InChI=1S/C20H25N7/c1-14-3-4-15(8-22-14)5-6-21-11-18-12-23-19-7-16(9-24-20(19)26-18)17-10-25-27(2)13-17/h3-4,7-10,13,18,21,23H,5-6,11-12H2,1-2H3,(H,24,26)/t18-/m0/s1. The molecule has 1 atom stereocenters. The van der Waals surface area contributed by atoms with E-state index in [4.69, 9.17) is 0 Å². The molecule has 0 aliphatic carbocycles. The fourth-order valence-corrected chi connectivity index (χ4v) is 3.20. The zero-order valence-electron chi connectivity index (χ0n) is 15.7. The molecule has 0 bridgehead atoms. The van der Waals surface area contributed by atoms with Crippen molar-refractivity contribution in [2.75, 3.05) is 30.3 Å². The molecule has 0 saturated heterocycles. The van der Waals surface area contributed by atoms with Crippen LogP contribution in [0.15, 0.2) is 43.0 Å². The topological polar surface area (TPSA) is 79.7 Å². The van der Waals surface area contributed by atoms with Crippen molar-refractivity contribution in [2.24, 2.45) is 7.05 Å². The first-order valence-electron chi connectivity index (χ1n) is 9.29. The molecule has 4 rings (SSSR count). The van der Waals surface area contributed by atoms with Crippen LogP contribution in [0, 0.1) is 6.92 Å². The molecule has 3 aromatic rings. The zero-order valence-corrected chi connectivity index (χ0v) is 15.7. The minimum atomic E-state index is 0.311. The fourth-order valence-electron chi connectivity index (χ4n) is 3.20. The molecule has 0 aromatic carbocycles. The van der Waals surface area contributed by atoms with Crippen LogP contribution in [-0.4, -0.2) is 45.4 Å². The molecule has 0 unspecified atom stereocenters. The number of nitrogens with one attached hydrogen (secondary N) is 3. The summed E-state index contributed by atoms with van der Waals surface area (Å²) < 4.78 is 1.80. The Balaban J connectivity index is 1.29. The molecule has 1 aliphatic rings. The number of hydrogen-bond donors (Lipinski definition) is 3. The van der Waals surface area contributed by atoms with E-state index >= 15 is 0 Å². The number of fused-ring (bicyclic) bond motifs is 1. The summed E-state index contributed by atoms with van der Waals surface area (Å²) >= 11 is 0. The Labute approximate surface area is 159 Å². The molecule has 3 N–H and O–H groups in total. The van der Waals surface area contributed by atoms with Crippen LogP contribution in [0.2, 0.25) is 0 Å². The van der Waals surface area contributed by atoms with Crippen LogP contribution in [-0.2, 0) is 13.5 Å². The van der Waals surface area contributed by atoms with E-state index in [1.807, 2.05) is 38.8 Å².